The summed E-state index contributed by atoms with van der Waals surface area (Å²) in [5.74, 6) is 1.80. The van der Waals surface area contributed by atoms with Crippen molar-refractivity contribution in [1.82, 2.24) is 20.5 Å². The fraction of sp³-hybridized carbons (Fsp3) is 0.750. The largest absolute Gasteiger partial charge is 0.379 e. The van der Waals surface area contributed by atoms with Gasteiger partial charge in [-0.3, -0.25) is 9.89 Å². The summed E-state index contributed by atoms with van der Waals surface area (Å²) in [5, 5.41) is 9.46. The highest BCUT2D eigenvalue weighted by atomic mass is 16.5. The van der Waals surface area contributed by atoms with E-state index in [9.17, 15) is 4.79 Å². The summed E-state index contributed by atoms with van der Waals surface area (Å²) >= 11 is 0. The molecule has 1 amide bonds. The van der Waals surface area contributed by atoms with Gasteiger partial charge in [-0.2, -0.15) is 0 Å². The van der Waals surface area contributed by atoms with E-state index in [0.717, 1.165) is 18.7 Å². The molecule has 0 bridgehead atoms. The van der Waals surface area contributed by atoms with Gasteiger partial charge in [0.1, 0.15) is 5.82 Å². The van der Waals surface area contributed by atoms with Gasteiger partial charge in [0.05, 0.1) is 6.61 Å². The Bertz CT molecular complexity index is 399. The number of hydrogen-bond donors (Lipinski definition) is 2. The Hall–Kier alpha value is -1.43. The number of aromatic nitrogens is 3. The zero-order valence-corrected chi connectivity index (χ0v) is 10.9. The van der Waals surface area contributed by atoms with E-state index >= 15 is 0 Å². The second-order valence-corrected chi connectivity index (χ2v) is 5.04. The molecule has 18 heavy (non-hydrogen) atoms. The number of nitrogens with one attached hydrogen (secondary N) is 2. The number of H-pyrrole nitrogens is 1. The van der Waals surface area contributed by atoms with E-state index in [2.05, 4.69) is 34.3 Å². The molecule has 0 atom stereocenters. The van der Waals surface area contributed by atoms with E-state index < -0.39 is 0 Å². The second kappa shape index (κ2) is 5.95. The Morgan fingerprint density at radius 1 is 1.56 bits per heavy atom. The summed E-state index contributed by atoms with van der Waals surface area (Å²) in [4.78, 5) is 15.9. The van der Waals surface area contributed by atoms with Gasteiger partial charge in [0.25, 0.3) is 5.91 Å². The van der Waals surface area contributed by atoms with E-state index in [1.807, 2.05) is 0 Å². The fourth-order valence-electron chi connectivity index (χ4n) is 1.55. The van der Waals surface area contributed by atoms with E-state index in [1.54, 1.807) is 0 Å². The number of hydrogen-bond acceptors (Lipinski definition) is 4. The van der Waals surface area contributed by atoms with Crippen LogP contribution in [-0.2, 0) is 4.74 Å². The van der Waals surface area contributed by atoms with Crippen LogP contribution in [0.3, 0.4) is 0 Å². The molecule has 2 N–H and O–H groups in total. The Morgan fingerprint density at radius 2 is 2.33 bits per heavy atom. The van der Waals surface area contributed by atoms with Crippen LogP contribution in [0.1, 0.15) is 49.1 Å². The molecule has 100 valence electrons. The van der Waals surface area contributed by atoms with Crippen molar-refractivity contribution < 1.29 is 9.53 Å². The van der Waals surface area contributed by atoms with Crippen LogP contribution >= 0.6 is 0 Å². The molecule has 0 aliphatic heterocycles. The maximum Gasteiger partial charge on any atom is 0.291 e. The lowest BCUT2D eigenvalue weighted by Gasteiger charge is -2.06. The van der Waals surface area contributed by atoms with E-state index in [0.29, 0.717) is 31.6 Å². The molecule has 2 rings (SSSR count). The summed E-state index contributed by atoms with van der Waals surface area (Å²) < 4.78 is 5.37. The lowest BCUT2D eigenvalue weighted by Crippen LogP contribution is -2.28. The number of aromatic amines is 1. The normalized spacial score (nSPS) is 15.1. The minimum absolute atomic E-state index is 0.223. The third kappa shape index (κ3) is 3.80. The van der Waals surface area contributed by atoms with Crippen LogP contribution in [0.4, 0.5) is 0 Å². The summed E-state index contributed by atoms with van der Waals surface area (Å²) in [6.07, 6.45) is 2.28. The lowest BCUT2D eigenvalue weighted by atomic mass is 10.2. The van der Waals surface area contributed by atoms with Gasteiger partial charge < -0.3 is 10.1 Å². The Morgan fingerprint density at radius 3 is 3.00 bits per heavy atom. The fourth-order valence-corrected chi connectivity index (χ4v) is 1.55. The van der Waals surface area contributed by atoms with Crippen LogP contribution in [0.25, 0.3) is 0 Å². The summed E-state index contributed by atoms with van der Waals surface area (Å²) in [7, 11) is 0. The minimum atomic E-state index is -0.244. The molecule has 1 aliphatic carbocycles. The number of rotatable bonds is 7. The first-order valence-electron chi connectivity index (χ1n) is 6.45. The predicted octanol–water partition coefficient (Wildman–Crippen LogP) is 1.08. The van der Waals surface area contributed by atoms with Gasteiger partial charge in [0.2, 0.25) is 5.82 Å². The summed E-state index contributed by atoms with van der Waals surface area (Å²) in [6, 6.07) is 0. The zero-order valence-electron chi connectivity index (χ0n) is 10.9. The van der Waals surface area contributed by atoms with Gasteiger partial charge in [0.15, 0.2) is 0 Å². The van der Waals surface area contributed by atoms with Crippen molar-refractivity contribution in [2.45, 2.75) is 32.6 Å². The van der Waals surface area contributed by atoms with Crippen molar-refractivity contribution in [1.29, 1.82) is 0 Å². The van der Waals surface area contributed by atoms with Gasteiger partial charge in [-0.25, -0.2) is 4.98 Å². The maximum absolute atomic E-state index is 11.7. The quantitative estimate of drug-likeness (QED) is 0.712. The molecule has 0 aromatic carbocycles. The molecule has 0 saturated heterocycles. The van der Waals surface area contributed by atoms with Gasteiger partial charge >= 0.3 is 0 Å². The van der Waals surface area contributed by atoms with Gasteiger partial charge in [-0.05, 0) is 18.8 Å². The van der Waals surface area contributed by atoms with Crippen molar-refractivity contribution in [2.24, 2.45) is 5.92 Å². The van der Waals surface area contributed by atoms with Crippen LogP contribution in [0.5, 0.6) is 0 Å². The average molecular weight is 252 g/mol. The molecule has 0 radical (unpaired) electrons. The topological polar surface area (TPSA) is 79.9 Å². The first kappa shape index (κ1) is 13.0. The highest BCUT2D eigenvalue weighted by molar-refractivity contribution is 5.90. The molecule has 0 unspecified atom stereocenters. The van der Waals surface area contributed by atoms with Gasteiger partial charge in [0, 0.05) is 19.1 Å². The molecule has 1 aromatic rings. The molecule has 1 fully saturated rings. The van der Waals surface area contributed by atoms with Crippen molar-refractivity contribution >= 4 is 5.91 Å². The molecule has 1 heterocycles. The van der Waals surface area contributed by atoms with E-state index in [4.69, 9.17) is 4.74 Å². The van der Waals surface area contributed by atoms with E-state index in [1.165, 1.54) is 0 Å². The smallest absolute Gasteiger partial charge is 0.291 e. The predicted molar refractivity (Wildman–Crippen MR) is 66.3 cm³/mol. The van der Waals surface area contributed by atoms with Crippen molar-refractivity contribution in [3.8, 4) is 0 Å². The van der Waals surface area contributed by atoms with Crippen LogP contribution < -0.4 is 5.32 Å². The Kier molecular flexibility index (Phi) is 4.30. The Balaban J connectivity index is 1.67. The maximum atomic E-state index is 11.7. The van der Waals surface area contributed by atoms with Gasteiger partial charge in [-0.1, -0.05) is 13.8 Å². The van der Waals surface area contributed by atoms with Crippen LogP contribution in [0.15, 0.2) is 0 Å². The number of amides is 1. The highest BCUT2D eigenvalue weighted by Crippen LogP contribution is 2.37. The molecule has 0 spiro atoms. The monoisotopic (exact) mass is 252 g/mol. The van der Waals surface area contributed by atoms with Crippen molar-refractivity contribution in [2.75, 3.05) is 19.8 Å². The first-order valence-corrected chi connectivity index (χ1v) is 6.45. The molecule has 1 saturated carbocycles. The van der Waals surface area contributed by atoms with Crippen molar-refractivity contribution in [3.05, 3.63) is 11.6 Å². The number of ether oxygens (including phenoxy) is 1. The van der Waals surface area contributed by atoms with Crippen molar-refractivity contribution in [3.63, 3.8) is 0 Å². The molecule has 6 heteroatoms. The number of carbonyl (C=O) groups excluding carboxylic acids is 1. The summed E-state index contributed by atoms with van der Waals surface area (Å²) in [5.41, 5.74) is 0. The van der Waals surface area contributed by atoms with Gasteiger partial charge in [-0.15, -0.1) is 5.10 Å². The standard InChI is InChI=1S/C12H20N4O2/c1-8(2)7-18-6-5-13-12(17)11-14-10(15-16-11)9-3-4-9/h8-9H,3-7H2,1-2H3,(H,13,17)(H,14,15,16). The molecular weight excluding hydrogens is 232 g/mol. The van der Waals surface area contributed by atoms with Crippen LogP contribution in [0.2, 0.25) is 0 Å². The summed E-state index contributed by atoms with van der Waals surface area (Å²) in [6.45, 7) is 5.89. The number of nitrogens with zero attached hydrogens (tertiary/aromatic N) is 2. The Labute approximate surface area is 107 Å². The third-order valence-electron chi connectivity index (χ3n) is 2.65. The lowest BCUT2D eigenvalue weighted by molar-refractivity contribution is 0.0878. The highest BCUT2D eigenvalue weighted by Gasteiger charge is 2.28. The van der Waals surface area contributed by atoms with E-state index in [-0.39, 0.29) is 11.7 Å². The number of carbonyl (C=O) groups is 1. The SMILES string of the molecule is CC(C)COCCNC(=O)c1n[nH]c(C2CC2)n1. The average Bonchev–Trinajstić information content (AvgIpc) is 3.06. The zero-order chi connectivity index (χ0) is 13.0. The minimum Gasteiger partial charge on any atom is -0.379 e. The second-order valence-electron chi connectivity index (χ2n) is 5.04. The molecule has 1 aliphatic rings. The molecule has 1 aromatic heterocycles. The molecule has 6 nitrogen and oxygen atoms in total. The third-order valence-corrected chi connectivity index (χ3v) is 2.65. The van der Waals surface area contributed by atoms with Crippen LogP contribution in [0, 0.1) is 5.92 Å². The first-order chi connectivity index (χ1) is 8.66. The molecular formula is C12H20N4O2. The van der Waals surface area contributed by atoms with Crippen LogP contribution in [-0.4, -0.2) is 40.8 Å².